The van der Waals surface area contributed by atoms with Crippen molar-refractivity contribution in [2.45, 2.75) is 52.9 Å². The maximum Gasteiger partial charge on any atom is 2.00 e. The third-order valence-corrected chi connectivity index (χ3v) is 1.35. The van der Waals surface area contributed by atoms with Gasteiger partial charge in [-0.25, -0.2) is 0 Å². The van der Waals surface area contributed by atoms with Crippen LogP contribution in [0.4, 0.5) is 0 Å². The monoisotopic (exact) mass is 232 g/mol. The van der Waals surface area contributed by atoms with E-state index in [9.17, 15) is 0 Å². The van der Waals surface area contributed by atoms with Crippen LogP contribution in [-0.4, -0.2) is 0 Å². The summed E-state index contributed by atoms with van der Waals surface area (Å²) in [7, 11) is 0. The van der Waals surface area contributed by atoms with E-state index < -0.39 is 0 Å². The van der Waals surface area contributed by atoms with Crippen LogP contribution in [0.2, 0.25) is 0 Å². The number of hydrogen-bond donors (Lipinski definition) is 0. The average molecular weight is 234 g/mol. The second-order valence-corrected chi connectivity index (χ2v) is 2.89. The van der Waals surface area contributed by atoms with Crippen molar-refractivity contribution in [3.05, 3.63) is 25.5 Å². The maximum atomic E-state index is 3.65. The van der Waals surface area contributed by atoms with Gasteiger partial charge in [-0.15, -0.1) is 12.7 Å². The van der Waals surface area contributed by atoms with Crippen molar-refractivity contribution >= 4 is 0 Å². The summed E-state index contributed by atoms with van der Waals surface area (Å²) in [6.07, 6.45) is 12.6. The molecule has 0 N–H and O–H groups in total. The van der Waals surface area contributed by atoms with Gasteiger partial charge in [0.05, 0.1) is 0 Å². The van der Waals surface area contributed by atoms with Crippen LogP contribution in [-0.2, 0) is 19.5 Å². The zero-order valence-electron chi connectivity index (χ0n) is 9.68. The molecule has 1 heteroatoms. The Labute approximate surface area is 98.0 Å². The number of hydrogen-bond acceptors (Lipinski definition) is 0. The van der Waals surface area contributed by atoms with Crippen LogP contribution in [0.15, 0.2) is 12.7 Å². The first-order valence-electron chi connectivity index (χ1n) is 4.99. The maximum absolute atomic E-state index is 3.65. The molecule has 0 amide bonds. The quantitative estimate of drug-likeness (QED) is 0.273. The molecule has 0 heterocycles. The fourth-order valence-electron chi connectivity index (χ4n) is 0.774. The molecular weight excluding hydrogens is 210 g/mol. The van der Waals surface area contributed by atoms with Crippen molar-refractivity contribution in [1.29, 1.82) is 0 Å². The van der Waals surface area contributed by atoms with Crippen molar-refractivity contribution in [3.63, 3.8) is 0 Å². The van der Waals surface area contributed by atoms with Crippen LogP contribution in [0.3, 0.4) is 0 Å². The Morgan fingerprint density at radius 3 is 2.15 bits per heavy atom. The van der Waals surface area contributed by atoms with Gasteiger partial charge >= 0.3 is 19.5 Å². The Kier molecular flexibility index (Phi) is 33.4. The van der Waals surface area contributed by atoms with Gasteiger partial charge in [0, 0.05) is 0 Å². The summed E-state index contributed by atoms with van der Waals surface area (Å²) in [6, 6.07) is 0. The molecule has 0 atom stereocenters. The smallest absolute Gasteiger partial charge is 0.335 e. The standard InChI is InChI=1S/C9H17.C3H7.Zn/c1-3-5-7-9-8-6-4-2;1-3-2;/h3,7H,1,4-6,8-9H2,2H3;3H,1-2H3;/q2*-1;+2. The zero-order valence-corrected chi connectivity index (χ0v) is 12.6. The Bertz CT molecular complexity index is 69.5. The Balaban J connectivity index is -0.000000220. The van der Waals surface area contributed by atoms with Crippen molar-refractivity contribution in [2.24, 2.45) is 0 Å². The van der Waals surface area contributed by atoms with Crippen molar-refractivity contribution in [1.82, 2.24) is 0 Å². The Hall–Kier alpha value is 0.363. The van der Waals surface area contributed by atoms with E-state index in [0.717, 1.165) is 6.42 Å². The van der Waals surface area contributed by atoms with Crippen molar-refractivity contribution < 1.29 is 19.5 Å². The molecule has 0 spiro atoms. The minimum atomic E-state index is 0. The van der Waals surface area contributed by atoms with E-state index in [4.69, 9.17) is 0 Å². The summed E-state index contributed by atoms with van der Waals surface area (Å²) >= 11 is 0. The molecule has 0 aliphatic carbocycles. The van der Waals surface area contributed by atoms with Crippen LogP contribution >= 0.6 is 0 Å². The number of rotatable bonds is 6. The predicted octanol–water partition coefficient (Wildman–Crippen LogP) is 4.58. The molecule has 0 nitrogen and oxygen atoms in total. The molecule has 0 aromatic rings. The van der Waals surface area contributed by atoms with Gasteiger partial charge in [0.2, 0.25) is 0 Å². The van der Waals surface area contributed by atoms with Gasteiger partial charge in [0.25, 0.3) is 0 Å². The van der Waals surface area contributed by atoms with E-state index in [1.165, 1.54) is 25.7 Å². The molecule has 0 aromatic heterocycles. The van der Waals surface area contributed by atoms with Crippen molar-refractivity contribution in [3.8, 4) is 0 Å². The normalized spacial score (nSPS) is 7.92. The first-order chi connectivity index (χ1) is 5.83. The molecule has 13 heavy (non-hydrogen) atoms. The molecule has 0 fully saturated rings. The average Bonchev–Trinajstić information content (AvgIpc) is 2.06. The zero-order chi connectivity index (χ0) is 9.66. The molecule has 0 saturated carbocycles. The van der Waals surface area contributed by atoms with Gasteiger partial charge in [-0.3, -0.25) is 0 Å². The fourth-order valence-corrected chi connectivity index (χ4v) is 0.774. The molecule has 0 aliphatic rings. The van der Waals surface area contributed by atoms with Crippen LogP contribution in [0.25, 0.3) is 0 Å². The summed E-state index contributed by atoms with van der Waals surface area (Å²) in [5.74, 6) is 0. The van der Waals surface area contributed by atoms with Gasteiger partial charge in [-0.05, 0) is 0 Å². The minimum Gasteiger partial charge on any atom is -0.335 e. The topological polar surface area (TPSA) is 0 Å². The first kappa shape index (κ1) is 19.0. The summed E-state index contributed by atoms with van der Waals surface area (Å²) in [5, 5.41) is 0. The van der Waals surface area contributed by atoms with Gasteiger partial charge in [0.15, 0.2) is 0 Å². The fraction of sp³-hybridized carbons (Fsp3) is 0.667. The molecule has 0 radical (unpaired) electrons. The second kappa shape index (κ2) is 22.8. The number of allylic oxidation sites excluding steroid dienone is 1. The SMILES string of the molecule is C=CC[CH-]CCCCC.C[CH-]C.[Zn+2]. The van der Waals surface area contributed by atoms with E-state index in [1.807, 2.05) is 26.3 Å². The van der Waals surface area contributed by atoms with Crippen molar-refractivity contribution in [2.75, 3.05) is 0 Å². The summed E-state index contributed by atoms with van der Waals surface area (Å²) in [4.78, 5) is 0. The summed E-state index contributed by atoms with van der Waals surface area (Å²) < 4.78 is 0. The van der Waals surface area contributed by atoms with Crippen LogP contribution in [0.1, 0.15) is 52.9 Å². The van der Waals surface area contributed by atoms with E-state index in [0.29, 0.717) is 0 Å². The molecule has 0 aromatic carbocycles. The molecule has 0 aliphatic heterocycles. The molecule has 0 unspecified atom stereocenters. The first-order valence-corrected chi connectivity index (χ1v) is 4.99. The summed E-state index contributed by atoms with van der Waals surface area (Å²) in [6.45, 7) is 9.88. The minimum absolute atomic E-state index is 0. The second-order valence-electron chi connectivity index (χ2n) is 2.89. The molecule has 74 valence electrons. The number of unbranched alkanes of at least 4 members (excludes halogenated alkanes) is 5. The third-order valence-electron chi connectivity index (χ3n) is 1.35. The van der Waals surface area contributed by atoms with Gasteiger partial charge in [-0.2, -0.15) is 26.7 Å². The molecule has 0 bridgehead atoms. The van der Waals surface area contributed by atoms with Crippen LogP contribution in [0.5, 0.6) is 0 Å². The van der Waals surface area contributed by atoms with Crippen LogP contribution < -0.4 is 0 Å². The van der Waals surface area contributed by atoms with Gasteiger partial charge in [-0.1, -0.05) is 26.2 Å². The molecular formula is C12H24Zn. The third kappa shape index (κ3) is 32.8. The van der Waals surface area contributed by atoms with E-state index in [1.54, 1.807) is 0 Å². The van der Waals surface area contributed by atoms with Crippen LogP contribution in [0, 0.1) is 12.8 Å². The summed E-state index contributed by atoms with van der Waals surface area (Å²) in [5.41, 5.74) is 0. The van der Waals surface area contributed by atoms with Gasteiger partial charge < -0.3 is 12.8 Å². The molecule has 0 saturated heterocycles. The molecule has 0 rings (SSSR count). The largest absolute Gasteiger partial charge is 2.00 e. The predicted molar refractivity (Wildman–Crippen MR) is 58.9 cm³/mol. The Morgan fingerprint density at radius 1 is 1.23 bits per heavy atom. The van der Waals surface area contributed by atoms with E-state index in [2.05, 4.69) is 19.9 Å². The Morgan fingerprint density at radius 2 is 1.77 bits per heavy atom. The van der Waals surface area contributed by atoms with E-state index in [-0.39, 0.29) is 19.5 Å². The van der Waals surface area contributed by atoms with E-state index >= 15 is 0 Å². The van der Waals surface area contributed by atoms with Gasteiger partial charge in [0.1, 0.15) is 0 Å².